The molecule has 0 bridgehead atoms. The minimum absolute atomic E-state index is 0.292. The molecule has 0 aliphatic rings. The summed E-state index contributed by atoms with van der Waals surface area (Å²) in [4.78, 5) is 0. The van der Waals surface area contributed by atoms with E-state index in [9.17, 15) is 4.39 Å². The number of benzene rings is 2. The molecule has 2 aromatic rings. The van der Waals surface area contributed by atoms with Crippen molar-refractivity contribution in [2.45, 2.75) is 19.8 Å². The van der Waals surface area contributed by atoms with Gasteiger partial charge in [0.15, 0.2) is 5.11 Å². The van der Waals surface area contributed by atoms with E-state index in [1.54, 1.807) is 18.3 Å². The Labute approximate surface area is 146 Å². The van der Waals surface area contributed by atoms with Crippen LogP contribution in [0.25, 0.3) is 0 Å². The first-order chi connectivity index (χ1) is 11.7. The molecule has 0 heterocycles. The predicted molar refractivity (Wildman–Crippen MR) is 100 cm³/mol. The zero-order valence-corrected chi connectivity index (χ0v) is 14.3. The van der Waals surface area contributed by atoms with Crippen LogP contribution in [0.5, 0.6) is 5.75 Å². The third-order valence-electron chi connectivity index (χ3n) is 3.13. The van der Waals surface area contributed by atoms with Crippen LogP contribution in [0.1, 0.15) is 25.3 Å². The molecule has 2 N–H and O–H groups in total. The first-order valence-corrected chi connectivity index (χ1v) is 8.16. The van der Waals surface area contributed by atoms with Gasteiger partial charge in [0.1, 0.15) is 11.6 Å². The van der Waals surface area contributed by atoms with Gasteiger partial charge in [-0.15, -0.1) is 0 Å². The van der Waals surface area contributed by atoms with Gasteiger partial charge in [-0.05, 0) is 72.7 Å². The molecular weight excluding hydrogens is 325 g/mol. The maximum Gasteiger partial charge on any atom is 0.191 e. The molecule has 2 rings (SSSR count). The van der Waals surface area contributed by atoms with Crippen molar-refractivity contribution in [3.63, 3.8) is 0 Å². The van der Waals surface area contributed by atoms with Gasteiger partial charge in [-0.2, -0.15) is 5.10 Å². The average molecular weight is 345 g/mol. The van der Waals surface area contributed by atoms with E-state index in [0.717, 1.165) is 30.8 Å². The highest BCUT2D eigenvalue weighted by atomic mass is 32.1. The molecule has 0 saturated carbocycles. The van der Waals surface area contributed by atoms with Gasteiger partial charge in [-0.25, -0.2) is 4.39 Å². The molecule has 6 heteroatoms. The summed E-state index contributed by atoms with van der Waals surface area (Å²) in [5.41, 5.74) is 4.33. The molecule has 0 aliphatic carbocycles. The molecule has 0 fully saturated rings. The van der Waals surface area contributed by atoms with Gasteiger partial charge >= 0.3 is 0 Å². The summed E-state index contributed by atoms with van der Waals surface area (Å²) in [6.07, 6.45) is 3.82. The van der Waals surface area contributed by atoms with Crippen LogP contribution < -0.4 is 15.5 Å². The van der Waals surface area contributed by atoms with Gasteiger partial charge in [0.2, 0.25) is 0 Å². The van der Waals surface area contributed by atoms with Crippen LogP contribution in [-0.4, -0.2) is 17.9 Å². The van der Waals surface area contributed by atoms with Crippen LogP contribution >= 0.6 is 12.2 Å². The second kappa shape index (κ2) is 9.62. The van der Waals surface area contributed by atoms with Crippen molar-refractivity contribution in [1.29, 1.82) is 0 Å². The third kappa shape index (κ3) is 6.34. The molecule has 0 aliphatic heterocycles. The molecule has 0 aromatic heterocycles. The summed E-state index contributed by atoms with van der Waals surface area (Å²) in [5.74, 6) is 0.557. The fourth-order valence-corrected chi connectivity index (χ4v) is 2.01. The number of rotatable bonds is 7. The Morgan fingerprint density at radius 2 is 1.88 bits per heavy atom. The van der Waals surface area contributed by atoms with Crippen molar-refractivity contribution in [2.75, 3.05) is 11.9 Å². The predicted octanol–water partition coefficient (Wildman–Crippen LogP) is 4.33. The third-order valence-corrected chi connectivity index (χ3v) is 3.32. The molecule has 126 valence electrons. The smallest absolute Gasteiger partial charge is 0.191 e. The van der Waals surface area contributed by atoms with Crippen molar-refractivity contribution in [3.05, 3.63) is 59.9 Å². The molecule has 0 atom stereocenters. The zero-order valence-electron chi connectivity index (χ0n) is 13.5. The largest absolute Gasteiger partial charge is 0.494 e. The number of nitrogens with zero attached hydrogens (tertiary/aromatic N) is 1. The Kier molecular flexibility index (Phi) is 7.17. The summed E-state index contributed by atoms with van der Waals surface area (Å²) in [6, 6.07) is 13.6. The highest BCUT2D eigenvalue weighted by Crippen LogP contribution is 2.11. The Bertz CT molecular complexity index is 672. The van der Waals surface area contributed by atoms with Crippen molar-refractivity contribution in [2.24, 2.45) is 5.10 Å². The average Bonchev–Trinajstić information content (AvgIpc) is 2.59. The van der Waals surface area contributed by atoms with Crippen LogP contribution in [0.2, 0.25) is 0 Å². The Morgan fingerprint density at radius 1 is 1.17 bits per heavy atom. The summed E-state index contributed by atoms with van der Waals surface area (Å²) >= 11 is 5.11. The number of anilines is 1. The van der Waals surface area contributed by atoms with E-state index in [-0.39, 0.29) is 5.82 Å². The highest BCUT2D eigenvalue weighted by Gasteiger charge is 1.97. The zero-order chi connectivity index (χ0) is 17.2. The van der Waals surface area contributed by atoms with Crippen LogP contribution in [0.15, 0.2) is 53.6 Å². The van der Waals surface area contributed by atoms with Crippen LogP contribution in [-0.2, 0) is 0 Å². The molecule has 24 heavy (non-hydrogen) atoms. The summed E-state index contributed by atoms with van der Waals surface area (Å²) < 4.78 is 18.4. The van der Waals surface area contributed by atoms with E-state index in [1.165, 1.54) is 12.1 Å². The van der Waals surface area contributed by atoms with Gasteiger partial charge < -0.3 is 10.1 Å². The first-order valence-electron chi connectivity index (χ1n) is 7.76. The van der Waals surface area contributed by atoms with Crippen LogP contribution in [0, 0.1) is 5.82 Å². The standard InChI is InChI=1S/C18H20FN3OS/c1-2-3-12-23-17-10-4-14(5-11-17)13-20-22-18(24)21-16-8-6-15(19)7-9-16/h4-11,13H,2-3,12H2,1H3,(H2,21,22,24)/b20-13+. The van der Waals surface area contributed by atoms with Gasteiger partial charge in [0, 0.05) is 5.69 Å². The van der Waals surface area contributed by atoms with Crippen molar-refractivity contribution >= 4 is 29.2 Å². The Morgan fingerprint density at radius 3 is 2.54 bits per heavy atom. The number of thiocarbonyl (C=S) groups is 1. The van der Waals surface area contributed by atoms with E-state index < -0.39 is 0 Å². The Balaban J connectivity index is 1.78. The number of hydrogen-bond donors (Lipinski definition) is 2. The van der Waals surface area contributed by atoms with Crippen molar-refractivity contribution in [1.82, 2.24) is 5.43 Å². The number of unbranched alkanes of at least 4 members (excludes halogenated alkanes) is 1. The SMILES string of the molecule is CCCCOc1ccc(/C=N/NC(=S)Nc2ccc(F)cc2)cc1. The van der Waals surface area contributed by atoms with E-state index in [2.05, 4.69) is 22.8 Å². The van der Waals surface area contributed by atoms with E-state index in [0.29, 0.717) is 10.8 Å². The van der Waals surface area contributed by atoms with Gasteiger partial charge in [0.05, 0.1) is 12.8 Å². The number of hydrogen-bond acceptors (Lipinski definition) is 3. The second-order valence-corrected chi connectivity index (χ2v) is 5.51. The van der Waals surface area contributed by atoms with Gasteiger partial charge in [-0.1, -0.05) is 13.3 Å². The molecule has 0 radical (unpaired) electrons. The van der Waals surface area contributed by atoms with E-state index in [1.807, 2.05) is 24.3 Å². The molecule has 4 nitrogen and oxygen atoms in total. The topological polar surface area (TPSA) is 45.6 Å². The summed E-state index contributed by atoms with van der Waals surface area (Å²) in [7, 11) is 0. The lowest BCUT2D eigenvalue weighted by Crippen LogP contribution is -2.23. The quantitative estimate of drug-likeness (QED) is 0.339. The van der Waals surface area contributed by atoms with Crippen LogP contribution in [0.3, 0.4) is 0 Å². The number of nitrogens with one attached hydrogen (secondary N) is 2. The number of halogens is 1. The van der Waals surface area contributed by atoms with Crippen molar-refractivity contribution in [3.8, 4) is 5.75 Å². The number of ether oxygens (including phenoxy) is 1. The molecular formula is C18H20FN3OS. The second-order valence-electron chi connectivity index (χ2n) is 5.10. The van der Waals surface area contributed by atoms with Gasteiger partial charge in [0.25, 0.3) is 0 Å². The fraction of sp³-hybridized carbons (Fsp3) is 0.222. The molecule has 0 amide bonds. The van der Waals surface area contributed by atoms with Crippen molar-refractivity contribution < 1.29 is 9.13 Å². The summed E-state index contributed by atoms with van der Waals surface area (Å²) in [5, 5.41) is 7.31. The lowest BCUT2D eigenvalue weighted by Gasteiger charge is -2.07. The molecule has 0 unspecified atom stereocenters. The minimum Gasteiger partial charge on any atom is -0.494 e. The van der Waals surface area contributed by atoms with E-state index >= 15 is 0 Å². The molecule has 0 saturated heterocycles. The highest BCUT2D eigenvalue weighted by molar-refractivity contribution is 7.80. The maximum atomic E-state index is 12.8. The first kappa shape index (κ1) is 17.9. The Hall–Kier alpha value is -2.47. The minimum atomic E-state index is -0.292. The maximum absolute atomic E-state index is 12.8. The van der Waals surface area contributed by atoms with Gasteiger partial charge in [-0.3, -0.25) is 5.43 Å². The fourth-order valence-electron chi connectivity index (χ4n) is 1.84. The number of hydrazone groups is 1. The van der Waals surface area contributed by atoms with Crippen LogP contribution in [0.4, 0.5) is 10.1 Å². The summed E-state index contributed by atoms with van der Waals surface area (Å²) in [6.45, 7) is 2.86. The lowest BCUT2D eigenvalue weighted by molar-refractivity contribution is 0.309. The normalized spacial score (nSPS) is 10.6. The monoisotopic (exact) mass is 345 g/mol. The molecule has 2 aromatic carbocycles. The molecule has 0 spiro atoms. The lowest BCUT2D eigenvalue weighted by atomic mass is 10.2. The van der Waals surface area contributed by atoms with E-state index in [4.69, 9.17) is 17.0 Å².